The Bertz CT molecular complexity index is 538. The highest BCUT2D eigenvalue weighted by molar-refractivity contribution is 7.93. The molecule has 0 fully saturated rings. The van der Waals surface area contributed by atoms with E-state index in [0.29, 0.717) is 12.3 Å². The fourth-order valence-corrected chi connectivity index (χ4v) is 3.28. The Balaban J connectivity index is 2.85. The number of hydrogen-bond acceptors (Lipinski definition) is 4. The third-order valence-corrected chi connectivity index (χ3v) is 4.70. The van der Waals surface area contributed by atoms with Crippen LogP contribution in [-0.4, -0.2) is 23.6 Å². The molecule has 0 amide bonds. The Morgan fingerprint density at radius 3 is 2.58 bits per heavy atom. The summed E-state index contributed by atoms with van der Waals surface area (Å²) >= 11 is 0. The monoisotopic (exact) mass is 280 g/mol. The van der Waals surface area contributed by atoms with Crippen molar-refractivity contribution in [3.05, 3.63) is 29.8 Å². The van der Waals surface area contributed by atoms with E-state index in [-0.39, 0.29) is 5.75 Å². The van der Waals surface area contributed by atoms with Gasteiger partial charge in [0.05, 0.1) is 28.7 Å². The van der Waals surface area contributed by atoms with Crippen LogP contribution in [0, 0.1) is 11.3 Å². The van der Waals surface area contributed by atoms with E-state index >= 15 is 0 Å². The highest BCUT2D eigenvalue weighted by Gasteiger charge is 2.10. The topological polar surface area (TPSA) is 62.5 Å². The van der Waals surface area contributed by atoms with E-state index in [0.717, 1.165) is 24.2 Å². The van der Waals surface area contributed by atoms with Gasteiger partial charge in [0.15, 0.2) is 0 Å². The van der Waals surface area contributed by atoms with Gasteiger partial charge in [-0.25, -0.2) is 8.57 Å². The smallest absolute Gasteiger partial charge is 0.119 e. The van der Waals surface area contributed by atoms with E-state index < -0.39 is 9.73 Å². The Labute approximate surface area is 115 Å². The summed E-state index contributed by atoms with van der Waals surface area (Å²) in [5.41, 5.74) is 0.918. The molecule has 0 aliphatic heterocycles. The number of nitriles is 1. The van der Waals surface area contributed by atoms with Crippen molar-refractivity contribution >= 4 is 9.73 Å². The fraction of sp³-hybridized carbons (Fsp3) is 0.500. The standard InChI is InChI=1S/C14H20N2O2S/c1-3-4-10-16-19(17,11-9-15)12-13-5-7-14(18-2)8-6-13/h5-8H,3-4,10-12H2,1-2H3. The lowest BCUT2D eigenvalue weighted by atomic mass is 10.2. The Morgan fingerprint density at radius 2 is 2.05 bits per heavy atom. The molecule has 1 aromatic carbocycles. The number of unbranched alkanes of at least 4 members (excludes halogenated alkanes) is 1. The van der Waals surface area contributed by atoms with Crippen LogP contribution < -0.4 is 4.74 Å². The molecule has 0 saturated heterocycles. The first-order chi connectivity index (χ1) is 9.13. The summed E-state index contributed by atoms with van der Waals surface area (Å²) < 4.78 is 21.9. The quantitative estimate of drug-likeness (QED) is 0.721. The van der Waals surface area contributed by atoms with Crippen LogP contribution in [0.1, 0.15) is 25.3 Å². The van der Waals surface area contributed by atoms with Gasteiger partial charge in [0.1, 0.15) is 11.5 Å². The number of benzene rings is 1. The van der Waals surface area contributed by atoms with Crippen LogP contribution >= 0.6 is 0 Å². The molecule has 1 aromatic rings. The lowest BCUT2D eigenvalue weighted by molar-refractivity contribution is 0.414. The number of methoxy groups -OCH3 is 1. The predicted octanol–water partition coefficient (Wildman–Crippen LogP) is 2.99. The lowest BCUT2D eigenvalue weighted by Crippen LogP contribution is -2.09. The first-order valence-electron chi connectivity index (χ1n) is 6.31. The molecule has 104 valence electrons. The zero-order chi connectivity index (χ0) is 14.1. The summed E-state index contributed by atoms with van der Waals surface area (Å²) in [7, 11) is -0.856. The van der Waals surface area contributed by atoms with E-state index in [2.05, 4.69) is 11.3 Å². The molecule has 1 unspecified atom stereocenters. The number of ether oxygens (including phenoxy) is 1. The molecular weight excluding hydrogens is 260 g/mol. The second-order valence-corrected chi connectivity index (χ2v) is 6.65. The molecule has 0 aliphatic rings. The van der Waals surface area contributed by atoms with Crippen molar-refractivity contribution in [2.75, 3.05) is 19.4 Å². The molecule has 19 heavy (non-hydrogen) atoms. The SMILES string of the molecule is CCCCN=S(=O)(CC#N)Cc1ccc(OC)cc1. The van der Waals surface area contributed by atoms with Gasteiger partial charge in [-0.3, -0.25) is 0 Å². The predicted molar refractivity (Wildman–Crippen MR) is 77.5 cm³/mol. The number of hydrogen-bond donors (Lipinski definition) is 0. The van der Waals surface area contributed by atoms with Crippen LogP contribution in [0.4, 0.5) is 0 Å². The van der Waals surface area contributed by atoms with Gasteiger partial charge in [0.2, 0.25) is 0 Å². The Morgan fingerprint density at radius 1 is 1.37 bits per heavy atom. The number of nitrogens with zero attached hydrogens (tertiary/aromatic N) is 2. The van der Waals surface area contributed by atoms with Crippen molar-refractivity contribution in [3.63, 3.8) is 0 Å². The third-order valence-electron chi connectivity index (χ3n) is 2.68. The van der Waals surface area contributed by atoms with Crippen molar-refractivity contribution in [2.45, 2.75) is 25.5 Å². The van der Waals surface area contributed by atoms with Gasteiger partial charge >= 0.3 is 0 Å². The molecule has 0 N–H and O–H groups in total. The largest absolute Gasteiger partial charge is 0.497 e. The molecule has 1 atom stereocenters. The van der Waals surface area contributed by atoms with E-state index in [1.165, 1.54) is 0 Å². The zero-order valence-corrected chi connectivity index (χ0v) is 12.3. The van der Waals surface area contributed by atoms with Crippen molar-refractivity contribution < 1.29 is 8.95 Å². The van der Waals surface area contributed by atoms with Crippen LogP contribution in [0.25, 0.3) is 0 Å². The minimum absolute atomic E-state index is 0.0112. The van der Waals surface area contributed by atoms with Crippen LogP contribution in [-0.2, 0) is 15.5 Å². The first kappa shape index (κ1) is 15.5. The second-order valence-electron chi connectivity index (χ2n) is 4.27. The molecule has 5 heteroatoms. The molecule has 1 rings (SSSR count). The van der Waals surface area contributed by atoms with Gasteiger partial charge < -0.3 is 4.74 Å². The van der Waals surface area contributed by atoms with Crippen LogP contribution in [0.15, 0.2) is 28.6 Å². The minimum atomic E-state index is -2.46. The molecular formula is C14H20N2O2S. The average molecular weight is 280 g/mol. The Kier molecular flexibility index (Phi) is 6.37. The van der Waals surface area contributed by atoms with Gasteiger partial charge in [-0.05, 0) is 24.1 Å². The van der Waals surface area contributed by atoms with E-state index in [9.17, 15) is 4.21 Å². The average Bonchev–Trinajstić information content (AvgIpc) is 2.40. The maximum atomic E-state index is 12.6. The van der Waals surface area contributed by atoms with E-state index in [4.69, 9.17) is 10.00 Å². The Hall–Kier alpha value is -1.54. The van der Waals surface area contributed by atoms with Gasteiger partial charge in [-0.2, -0.15) is 5.26 Å². The molecule has 0 bridgehead atoms. The molecule has 0 saturated carbocycles. The summed E-state index contributed by atoms with van der Waals surface area (Å²) in [4.78, 5) is 0. The van der Waals surface area contributed by atoms with Gasteiger partial charge in [-0.1, -0.05) is 25.5 Å². The highest BCUT2D eigenvalue weighted by Crippen LogP contribution is 2.15. The normalized spacial score (nSPS) is 13.3. The molecule has 0 heterocycles. The molecule has 4 nitrogen and oxygen atoms in total. The lowest BCUT2D eigenvalue weighted by Gasteiger charge is -2.08. The van der Waals surface area contributed by atoms with E-state index in [1.807, 2.05) is 30.3 Å². The minimum Gasteiger partial charge on any atom is -0.497 e. The second kappa shape index (κ2) is 7.80. The third kappa shape index (κ3) is 5.31. The number of rotatable bonds is 7. The van der Waals surface area contributed by atoms with Gasteiger partial charge in [0, 0.05) is 6.54 Å². The first-order valence-corrected chi connectivity index (χ1v) is 8.17. The summed E-state index contributed by atoms with van der Waals surface area (Å²) in [6.07, 6.45) is 1.92. The van der Waals surface area contributed by atoms with Crippen molar-refractivity contribution in [1.29, 1.82) is 5.26 Å². The van der Waals surface area contributed by atoms with Gasteiger partial charge in [-0.15, -0.1) is 0 Å². The molecule has 0 aromatic heterocycles. The molecule has 0 spiro atoms. The van der Waals surface area contributed by atoms with E-state index in [1.54, 1.807) is 7.11 Å². The molecule has 0 aliphatic carbocycles. The summed E-state index contributed by atoms with van der Waals surface area (Å²) in [5, 5.41) is 8.81. The molecule has 0 radical (unpaired) electrons. The van der Waals surface area contributed by atoms with Crippen LogP contribution in [0.5, 0.6) is 5.75 Å². The summed E-state index contributed by atoms with van der Waals surface area (Å²) in [6, 6.07) is 9.37. The van der Waals surface area contributed by atoms with Crippen molar-refractivity contribution in [1.82, 2.24) is 0 Å². The maximum absolute atomic E-state index is 12.6. The highest BCUT2D eigenvalue weighted by atomic mass is 32.2. The maximum Gasteiger partial charge on any atom is 0.119 e. The summed E-state index contributed by atoms with van der Waals surface area (Å²) in [6.45, 7) is 2.62. The van der Waals surface area contributed by atoms with Crippen molar-refractivity contribution in [2.24, 2.45) is 4.36 Å². The van der Waals surface area contributed by atoms with Gasteiger partial charge in [0.25, 0.3) is 0 Å². The van der Waals surface area contributed by atoms with Crippen molar-refractivity contribution in [3.8, 4) is 11.8 Å². The van der Waals surface area contributed by atoms with Crippen LogP contribution in [0.2, 0.25) is 0 Å². The zero-order valence-electron chi connectivity index (χ0n) is 11.5. The fourth-order valence-electron chi connectivity index (χ4n) is 1.61. The summed E-state index contributed by atoms with van der Waals surface area (Å²) in [5.74, 6) is 1.08. The van der Waals surface area contributed by atoms with Crippen LogP contribution in [0.3, 0.4) is 0 Å².